The molecule has 0 spiro atoms. The summed E-state index contributed by atoms with van der Waals surface area (Å²) in [5, 5.41) is 0. The smallest absolute Gasteiger partial charge is 0.309 e. The predicted molar refractivity (Wildman–Crippen MR) is 67.7 cm³/mol. The number of likely N-dealkylation sites (tertiary alicyclic amines) is 1. The molecule has 3 nitrogen and oxygen atoms in total. The van der Waals surface area contributed by atoms with Crippen LogP contribution in [0, 0.1) is 11.8 Å². The lowest BCUT2D eigenvalue weighted by Gasteiger charge is -2.30. The van der Waals surface area contributed by atoms with Crippen molar-refractivity contribution in [1.82, 2.24) is 4.90 Å². The summed E-state index contributed by atoms with van der Waals surface area (Å²) in [5.74, 6) is 0.839. The molecule has 1 aliphatic heterocycles. The number of ether oxygens (including phenoxy) is 1. The molecule has 0 aromatic carbocycles. The van der Waals surface area contributed by atoms with Gasteiger partial charge in [0.15, 0.2) is 0 Å². The molecule has 2 unspecified atom stereocenters. The second-order valence-corrected chi connectivity index (χ2v) is 5.67. The molecular weight excluding hydrogens is 214 g/mol. The Bertz CT molecular complexity index is 261. The van der Waals surface area contributed by atoms with Gasteiger partial charge in [0.1, 0.15) is 0 Å². The number of hydrogen-bond acceptors (Lipinski definition) is 3. The van der Waals surface area contributed by atoms with Crippen LogP contribution in [0.4, 0.5) is 0 Å². The average Bonchev–Trinajstić information content (AvgIpc) is 2.97. The molecule has 0 bridgehead atoms. The minimum absolute atomic E-state index is 0.0157. The quantitative estimate of drug-likeness (QED) is 0.706. The first-order valence-corrected chi connectivity index (χ1v) is 7.04. The molecule has 2 rings (SSSR count). The first kappa shape index (κ1) is 12.9. The van der Waals surface area contributed by atoms with Crippen molar-refractivity contribution in [2.75, 3.05) is 20.2 Å². The lowest BCUT2D eigenvalue weighted by molar-refractivity contribution is -0.145. The topological polar surface area (TPSA) is 29.5 Å². The summed E-state index contributed by atoms with van der Waals surface area (Å²) in [6.07, 6.45) is 8.23. The largest absolute Gasteiger partial charge is 0.469 e. The summed E-state index contributed by atoms with van der Waals surface area (Å²) in [5.41, 5.74) is 0. The SMILES string of the molecule is COC(=O)C(C)CN1CCCC1C1CCCC1. The van der Waals surface area contributed by atoms with Gasteiger partial charge >= 0.3 is 5.97 Å². The molecule has 0 radical (unpaired) electrons. The molecule has 2 aliphatic rings. The maximum absolute atomic E-state index is 11.5. The molecule has 1 aliphatic carbocycles. The standard InChI is InChI=1S/C14H25NO2/c1-11(14(16)17-2)10-15-9-5-8-13(15)12-6-3-4-7-12/h11-13H,3-10H2,1-2H3. The number of methoxy groups -OCH3 is 1. The van der Waals surface area contributed by atoms with Crippen molar-refractivity contribution in [3.05, 3.63) is 0 Å². The summed E-state index contributed by atoms with van der Waals surface area (Å²) in [7, 11) is 1.48. The number of carbonyl (C=O) groups is 1. The molecule has 98 valence electrons. The van der Waals surface area contributed by atoms with Gasteiger partial charge in [0.25, 0.3) is 0 Å². The summed E-state index contributed by atoms with van der Waals surface area (Å²) in [4.78, 5) is 14.0. The number of esters is 1. The van der Waals surface area contributed by atoms with E-state index in [9.17, 15) is 4.79 Å². The second-order valence-electron chi connectivity index (χ2n) is 5.67. The Balaban J connectivity index is 1.88. The van der Waals surface area contributed by atoms with E-state index in [1.807, 2.05) is 6.92 Å². The average molecular weight is 239 g/mol. The van der Waals surface area contributed by atoms with E-state index in [1.54, 1.807) is 0 Å². The molecule has 1 saturated carbocycles. The monoisotopic (exact) mass is 239 g/mol. The Morgan fingerprint density at radius 1 is 1.29 bits per heavy atom. The second kappa shape index (κ2) is 5.85. The van der Waals surface area contributed by atoms with E-state index in [1.165, 1.54) is 52.2 Å². The van der Waals surface area contributed by atoms with Crippen molar-refractivity contribution in [2.45, 2.75) is 51.5 Å². The zero-order valence-corrected chi connectivity index (χ0v) is 11.2. The highest BCUT2D eigenvalue weighted by Gasteiger charge is 2.34. The van der Waals surface area contributed by atoms with Gasteiger partial charge in [0, 0.05) is 12.6 Å². The Kier molecular flexibility index (Phi) is 4.43. The van der Waals surface area contributed by atoms with Crippen molar-refractivity contribution in [3.8, 4) is 0 Å². The van der Waals surface area contributed by atoms with Gasteiger partial charge in [-0.05, 0) is 38.1 Å². The van der Waals surface area contributed by atoms with Crippen LogP contribution in [0.2, 0.25) is 0 Å². The summed E-state index contributed by atoms with van der Waals surface area (Å²) in [6, 6.07) is 0.740. The molecule has 2 fully saturated rings. The molecule has 0 aromatic rings. The van der Waals surface area contributed by atoms with Crippen LogP contribution in [-0.2, 0) is 9.53 Å². The maximum atomic E-state index is 11.5. The minimum Gasteiger partial charge on any atom is -0.469 e. The Morgan fingerprint density at radius 2 is 2.00 bits per heavy atom. The van der Waals surface area contributed by atoms with Crippen molar-refractivity contribution in [3.63, 3.8) is 0 Å². The van der Waals surface area contributed by atoms with Crippen molar-refractivity contribution >= 4 is 5.97 Å². The third-order valence-electron chi connectivity index (χ3n) is 4.47. The number of hydrogen-bond donors (Lipinski definition) is 0. The van der Waals surface area contributed by atoms with Crippen LogP contribution >= 0.6 is 0 Å². The van der Waals surface area contributed by atoms with Gasteiger partial charge in [-0.15, -0.1) is 0 Å². The van der Waals surface area contributed by atoms with Crippen LogP contribution < -0.4 is 0 Å². The Hall–Kier alpha value is -0.570. The van der Waals surface area contributed by atoms with Crippen molar-refractivity contribution < 1.29 is 9.53 Å². The van der Waals surface area contributed by atoms with Crippen LogP contribution in [0.3, 0.4) is 0 Å². The molecule has 1 saturated heterocycles. The van der Waals surface area contributed by atoms with Gasteiger partial charge in [-0.3, -0.25) is 9.69 Å². The summed E-state index contributed by atoms with van der Waals surface area (Å²) >= 11 is 0. The van der Waals surface area contributed by atoms with Crippen LogP contribution in [-0.4, -0.2) is 37.1 Å². The van der Waals surface area contributed by atoms with Crippen LogP contribution in [0.5, 0.6) is 0 Å². The molecule has 17 heavy (non-hydrogen) atoms. The van der Waals surface area contributed by atoms with Gasteiger partial charge < -0.3 is 4.74 Å². The van der Waals surface area contributed by atoms with Crippen molar-refractivity contribution in [2.24, 2.45) is 11.8 Å². The number of nitrogens with zero attached hydrogens (tertiary/aromatic N) is 1. The summed E-state index contributed by atoms with van der Waals surface area (Å²) < 4.78 is 4.82. The van der Waals surface area contributed by atoms with E-state index in [4.69, 9.17) is 4.74 Å². The molecule has 0 aromatic heterocycles. The van der Waals surface area contributed by atoms with Crippen molar-refractivity contribution in [1.29, 1.82) is 0 Å². The third-order valence-corrected chi connectivity index (χ3v) is 4.47. The zero-order valence-electron chi connectivity index (χ0n) is 11.2. The van der Waals surface area contributed by atoms with Crippen LogP contribution in [0.25, 0.3) is 0 Å². The minimum atomic E-state index is -0.0675. The van der Waals surface area contributed by atoms with Gasteiger partial charge in [-0.2, -0.15) is 0 Å². The zero-order chi connectivity index (χ0) is 12.3. The molecule has 0 amide bonds. The first-order chi connectivity index (χ1) is 8.22. The van der Waals surface area contributed by atoms with E-state index in [-0.39, 0.29) is 11.9 Å². The van der Waals surface area contributed by atoms with Crippen LogP contribution in [0.1, 0.15) is 45.4 Å². The van der Waals surface area contributed by atoms with Gasteiger partial charge in [-0.25, -0.2) is 0 Å². The first-order valence-electron chi connectivity index (χ1n) is 7.04. The highest BCUT2D eigenvalue weighted by atomic mass is 16.5. The molecular formula is C14H25NO2. The van der Waals surface area contributed by atoms with E-state index in [0.29, 0.717) is 0 Å². The van der Waals surface area contributed by atoms with Crippen LogP contribution in [0.15, 0.2) is 0 Å². The van der Waals surface area contributed by atoms with E-state index in [2.05, 4.69) is 4.90 Å². The van der Waals surface area contributed by atoms with E-state index in [0.717, 1.165) is 18.5 Å². The lowest BCUT2D eigenvalue weighted by atomic mass is 9.95. The van der Waals surface area contributed by atoms with Gasteiger partial charge in [-0.1, -0.05) is 19.8 Å². The maximum Gasteiger partial charge on any atom is 0.309 e. The molecule has 1 heterocycles. The highest BCUT2D eigenvalue weighted by Crippen LogP contribution is 2.35. The third kappa shape index (κ3) is 3.01. The molecule has 0 N–H and O–H groups in total. The number of carbonyl (C=O) groups excluding carboxylic acids is 1. The molecule has 3 heteroatoms. The highest BCUT2D eigenvalue weighted by molar-refractivity contribution is 5.72. The fraction of sp³-hybridized carbons (Fsp3) is 0.929. The normalized spacial score (nSPS) is 28.5. The predicted octanol–water partition coefficient (Wildman–Crippen LogP) is 2.45. The van der Waals surface area contributed by atoms with E-state index >= 15 is 0 Å². The Labute approximate surface area is 105 Å². The lowest BCUT2D eigenvalue weighted by Crippen LogP contribution is -2.39. The van der Waals surface area contributed by atoms with Gasteiger partial charge in [0.05, 0.1) is 13.0 Å². The molecule has 2 atom stereocenters. The van der Waals surface area contributed by atoms with E-state index < -0.39 is 0 Å². The Morgan fingerprint density at radius 3 is 2.65 bits per heavy atom. The fourth-order valence-corrected chi connectivity index (χ4v) is 3.58. The number of rotatable bonds is 4. The fourth-order valence-electron chi connectivity index (χ4n) is 3.58. The van der Waals surface area contributed by atoms with Gasteiger partial charge in [0.2, 0.25) is 0 Å². The summed E-state index contributed by atoms with van der Waals surface area (Å²) in [6.45, 7) is 4.03.